The number of carboxylic acid groups (broad SMARTS) is 1. The summed E-state index contributed by atoms with van der Waals surface area (Å²) in [6, 6.07) is 0. The number of hydrogen-bond acceptors (Lipinski definition) is 4. The van der Waals surface area contributed by atoms with E-state index in [9.17, 15) is 9.59 Å². The number of carboxylic acids is 1. The summed E-state index contributed by atoms with van der Waals surface area (Å²) in [5.41, 5.74) is 0. The van der Waals surface area contributed by atoms with Crippen molar-refractivity contribution >= 4 is 23.7 Å². The minimum absolute atomic E-state index is 0.0280. The Kier molecular flexibility index (Phi) is 2.76. The molecule has 0 bridgehead atoms. The molecular weight excluding hydrogens is 168 g/mol. The molecule has 0 amide bonds. The van der Waals surface area contributed by atoms with Gasteiger partial charge in [-0.05, 0) is 0 Å². The topological polar surface area (TPSA) is 63.6 Å². The maximum Gasteiger partial charge on any atom is 0.319 e. The Morgan fingerprint density at radius 3 is 3.00 bits per heavy atom. The highest BCUT2D eigenvalue weighted by molar-refractivity contribution is 8.01. The van der Waals surface area contributed by atoms with Crippen molar-refractivity contribution in [3.8, 4) is 0 Å². The monoisotopic (exact) mass is 176 g/mol. The second kappa shape index (κ2) is 3.61. The van der Waals surface area contributed by atoms with Crippen molar-refractivity contribution < 1.29 is 19.4 Å². The van der Waals surface area contributed by atoms with Crippen LogP contribution in [0.3, 0.4) is 0 Å². The highest BCUT2D eigenvalue weighted by Gasteiger charge is 2.27. The quantitative estimate of drug-likeness (QED) is 0.619. The van der Waals surface area contributed by atoms with Gasteiger partial charge < -0.3 is 9.84 Å². The van der Waals surface area contributed by atoms with E-state index in [1.165, 1.54) is 0 Å². The molecule has 1 rings (SSSR count). The van der Waals surface area contributed by atoms with Crippen molar-refractivity contribution in [1.29, 1.82) is 0 Å². The minimum Gasteiger partial charge on any atom is -0.481 e. The fraction of sp³-hybridized carbons (Fsp3) is 0.667. The van der Waals surface area contributed by atoms with Gasteiger partial charge in [-0.1, -0.05) is 0 Å². The lowest BCUT2D eigenvalue weighted by Crippen LogP contribution is -2.12. The van der Waals surface area contributed by atoms with E-state index in [1.807, 2.05) is 0 Å². The molecule has 0 aliphatic carbocycles. The molecule has 0 aromatic rings. The predicted octanol–water partition coefficient (Wildman–Crippen LogP) is 0.120. The van der Waals surface area contributed by atoms with Gasteiger partial charge >= 0.3 is 11.9 Å². The Hall–Kier alpha value is -0.710. The smallest absolute Gasteiger partial charge is 0.319 e. The van der Waals surface area contributed by atoms with Crippen LogP contribution < -0.4 is 0 Å². The van der Waals surface area contributed by atoms with Gasteiger partial charge in [-0.3, -0.25) is 9.59 Å². The SMILES string of the molecule is O=C(O)CSC1CCOC1=O. The predicted molar refractivity (Wildman–Crippen MR) is 39.5 cm³/mol. The average Bonchev–Trinajstić information content (AvgIpc) is 2.31. The highest BCUT2D eigenvalue weighted by atomic mass is 32.2. The summed E-state index contributed by atoms with van der Waals surface area (Å²) in [6.45, 7) is 0.427. The first kappa shape index (κ1) is 8.39. The Morgan fingerprint density at radius 2 is 2.55 bits per heavy atom. The molecule has 1 unspecified atom stereocenters. The van der Waals surface area contributed by atoms with E-state index in [4.69, 9.17) is 5.11 Å². The molecule has 1 saturated heterocycles. The molecule has 1 fully saturated rings. The Labute approximate surface area is 67.9 Å². The average molecular weight is 176 g/mol. The van der Waals surface area contributed by atoms with Crippen molar-refractivity contribution in [3.63, 3.8) is 0 Å². The number of ether oxygens (including phenoxy) is 1. The Morgan fingerprint density at radius 1 is 1.82 bits per heavy atom. The molecular formula is C6H8O4S. The van der Waals surface area contributed by atoms with Gasteiger partial charge in [-0.15, -0.1) is 11.8 Å². The van der Waals surface area contributed by atoms with Crippen LogP contribution in [-0.4, -0.2) is 34.7 Å². The zero-order valence-electron chi connectivity index (χ0n) is 5.78. The van der Waals surface area contributed by atoms with Crippen LogP contribution in [0, 0.1) is 0 Å². The molecule has 1 heterocycles. The van der Waals surface area contributed by atoms with Crippen LogP contribution in [0.4, 0.5) is 0 Å². The first-order valence-electron chi connectivity index (χ1n) is 3.20. The van der Waals surface area contributed by atoms with E-state index in [1.54, 1.807) is 0 Å². The van der Waals surface area contributed by atoms with E-state index in [0.717, 1.165) is 11.8 Å². The van der Waals surface area contributed by atoms with Crippen molar-refractivity contribution in [1.82, 2.24) is 0 Å². The summed E-state index contributed by atoms with van der Waals surface area (Å²) in [7, 11) is 0. The fourth-order valence-electron chi connectivity index (χ4n) is 0.801. The van der Waals surface area contributed by atoms with Crippen molar-refractivity contribution in [3.05, 3.63) is 0 Å². The number of hydrogen-bond donors (Lipinski definition) is 1. The molecule has 62 valence electrons. The molecule has 1 atom stereocenters. The van der Waals surface area contributed by atoms with Gasteiger partial charge in [-0.2, -0.15) is 0 Å². The number of esters is 1. The van der Waals surface area contributed by atoms with Crippen LogP contribution in [0.5, 0.6) is 0 Å². The summed E-state index contributed by atoms with van der Waals surface area (Å²) in [4.78, 5) is 20.8. The molecule has 1 N–H and O–H groups in total. The normalized spacial score (nSPS) is 23.3. The van der Waals surface area contributed by atoms with Gasteiger partial charge in [0, 0.05) is 6.42 Å². The lowest BCUT2D eigenvalue weighted by Gasteiger charge is -2.00. The summed E-state index contributed by atoms with van der Waals surface area (Å²) in [6.07, 6.45) is 0.636. The van der Waals surface area contributed by atoms with E-state index in [0.29, 0.717) is 13.0 Å². The molecule has 1 aliphatic rings. The van der Waals surface area contributed by atoms with Gasteiger partial charge in [-0.25, -0.2) is 0 Å². The van der Waals surface area contributed by atoms with Crippen LogP contribution in [-0.2, 0) is 14.3 Å². The third-order valence-electron chi connectivity index (χ3n) is 1.30. The number of aliphatic carboxylic acids is 1. The molecule has 0 aromatic heterocycles. The van der Waals surface area contributed by atoms with E-state index >= 15 is 0 Å². The highest BCUT2D eigenvalue weighted by Crippen LogP contribution is 2.21. The standard InChI is InChI=1S/C6H8O4S/c7-5(8)3-11-4-1-2-10-6(4)9/h4H,1-3H2,(H,7,8). The van der Waals surface area contributed by atoms with E-state index < -0.39 is 5.97 Å². The van der Waals surface area contributed by atoms with Crippen LogP contribution >= 0.6 is 11.8 Å². The van der Waals surface area contributed by atoms with Gasteiger partial charge in [0.05, 0.1) is 12.4 Å². The van der Waals surface area contributed by atoms with Crippen molar-refractivity contribution in [2.75, 3.05) is 12.4 Å². The summed E-state index contributed by atoms with van der Waals surface area (Å²) >= 11 is 1.13. The van der Waals surface area contributed by atoms with Gasteiger partial charge in [0.25, 0.3) is 0 Å². The van der Waals surface area contributed by atoms with Crippen molar-refractivity contribution in [2.45, 2.75) is 11.7 Å². The summed E-state index contributed by atoms with van der Waals surface area (Å²) in [5, 5.41) is 8.03. The molecule has 0 radical (unpaired) electrons. The molecule has 5 heteroatoms. The number of rotatable bonds is 3. The van der Waals surface area contributed by atoms with Crippen molar-refractivity contribution in [2.24, 2.45) is 0 Å². The second-order valence-electron chi connectivity index (χ2n) is 2.15. The molecule has 0 aromatic carbocycles. The maximum atomic E-state index is 10.8. The number of carbonyl (C=O) groups is 2. The van der Waals surface area contributed by atoms with Crippen LogP contribution in [0.25, 0.3) is 0 Å². The third-order valence-corrected chi connectivity index (χ3v) is 2.54. The molecule has 4 nitrogen and oxygen atoms in total. The van der Waals surface area contributed by atoms with E-state index in [2.05, 4.69) is 4.74 Å². The number of cyclic esters (lactones) is 1. The van der Waals surface area contributed by atoms with Crippen LogP contribution in [0.2, 0.25) is 0 Å². The lowest BCUT2D eigenvalue weighted by molar-refractivity contribution is -0.137. The summed E-state index contributed by atoms with van der Waals surface area (Å²) in [5.74, 6) is -1.20. The van der Waals surface area contributed by atoms with Crippen LogP contribution in [0.1, 0.15) is 6.42 Å². The van der Waals surface area contributed by atoms with Gasteiger partial charge in [0.1, 0.15) is 5.25 Å². The first-order valence-corrected chi connectivity index (χ1v) is 4.25. The first-order chi connectivity index (χ1) is 5.20. The minimum atomic E-state index is -0.894. The zero-order chi connectivity index (χ0) is 8.27. The van der Waals surface area contributed by atoms with Crippen LogP contribution in [0.15, 0.2) is 0 Å². The molecule has 1 aliphatic heterocycles. The number of carbonyl (C=O) groups excluding carboxylic acids is 1. The largest absolute Gasteiger partial charge is 0.481 e. The second-order valence-corrected chi connectivity index (χ2v) is 3.34. The van der Waals surface area contributed by atoms with E-state index in [-0.39, 0.29) is 17.0 Å². The molecule has 0 saturated carbocycles. The Balaban J connectivity index is 2.26. The fourth-order valence-corrected chi connectivity index (χ4v) is 1.61. The number of thioether (sulfide) groups is 1. The lowest BCUT2D eigenvalue weighted by atomic mass is 10.4. The Bertz CT molecular complexity index is 179. The van der Waals surface area contributed by atoms with Gasteiger partial charge in [0.2, 0.25) is 0 Å². The maximum absolute atomic E-state index is 10.8. The van der Waals surface area contributed by atoms with Gasteiger partial charge in [0.15, 0.2) is 0 Å². The molecule has 11 heavy (non-hydrogen) atoms. The molecule has 0 spiro atoms. The third kappa shape index (κ3) is 2.42. The zero-order valence-corrected chi connectivity index (χ0v) is 6.60. The summed E-state index contributed by atoms with van der Waals surface area (Å²) < 4.78 is 4.65.